The first kappa shape index (κ1) is 20.7. The highest BCUT2D eigenvalue weighted by Crippen LogP contribution is 2.33. The van der Waals surface area contributed by atoms with Crippen molar-refractivity contribution in [1.29, 1.82) is 0 Å². The van der Waals surface area contributed by atoms with E-state index in [9.17, 15) is 4.79 Å². The Labute approximate surface area is 178 Å². The minimum Gasteiger partial charge on any atom is -0.483 e. The van der Waals surface area contributed by atoms with Crippen LogP contribution in [0.5, 0.6) is 0 Å². The van der Waals surface area contributed by atoms with Gasteiger partial charge < -0.3 is 23.9 Å². The van der Waals surface area contributed by atoms with Crippen LogP contribution in [0.4, 0.5) is 0 Å². The Balaban J connectivity index is 0.000000730. The zero-order chi connectivity index (χ0) is 21.7. The second-order valence-corrected chi connectivity index (χ2v) is 7.53. The Kier molecular flexibility index (Phi) is 6.03. The van der Waals surface area contributed by atoms with Crippen LogP contribution < -0.4 is 0 Å². The number of hydrogen-bond donors (Lipinski definition) is 1. The summed E-state index contributed by atoms with van der Waals surface area (Å²) in [6.07, 6.45) is 10.1. The van der Waals surface area contributed by atoms with Crippen molar-refractivity contribution < 1.29 is 19.4 Å². The van der Waals surface area contributed by atoms with Gasteiger partial charge in [0, 0.05) is 31.3 Å². The molecule has 0 saturated carbocycles. The Morgan fingerprint density at radius 3 is 2.87 bits per heavy atom. The maximum absolute atomic E-state index is 12.7. The Morgan fingerprint density at radius 2 is 2.13 bits per heavy atom. The molecule has 1 atom stereocenters. The Hall–Kier alpha value is -3.60. The van der Waals surface area contributed by atoms with Gasteiger partial charge in [-0.15, -0.1) is 10.2 Å². The van der Waals surface area contributed by atoms with Crippen LogP contribution in [0.15, 0.2) is 43.2 Å². The average molecular weight is 425 g/mol. The number of carbonyl (C=O) groups excluding carboxylic acids is 1. The number of amides is 1. The summed E-state index contributed by atoms with van der Waals surface area (Å²) in [6, 6.07) is 3.79. The van der Waals surface area contributed by atoms with Crippen LogP contribution in [0, 0.1) is 0 Å². The van der Waals surface area contributed by atoms with E-state index in [4.69, 9.17) is 14.6 Å². The van der Waals surface area contributed by atoms with Crippen molar-refractivity contribution in [3.05, 3.63) is 60.5 Å². The molecule has 162 valence electrons. The molecular formula is C20H23N7O4. The second-order valence-electron chi connectivity index (χ2n) is 7.53. The number of rotatable bonds is 4. The molecule has 11 nitrogen and oxygen atoms in total. The molecule has 5 rings (SSSR count). The predicted molar refractivity (Wildman–Crippen MR) is 107 cm³/mol. The lowest BCUT2D eigenvalue weighted by Crippen LogP contribution is -2.45. The molecule has 5 heterocycles. The predicted octanol–water partition coefficient (Wildman–Crippen LogP) is 0.363. The van der Waals surface area contributed by atoms with Gasteiger partial charge in [0.25, 0.3) is 6.47 Å². The number of hydrogen-bond acceptors (Lipinski definition) is 7. The molecule has 1 amide bonds. The topological polar surface area (TPSA) is 128 Å². The number of ether oxygens (including phenoxy) is 1. The van der Waals surface area contributed by atoms with Gasteiger partial charge in [0.15, 0.2) is 11.6 Å². The number of nitrogens with zero attached hydrogens (tertiary/aromatic N) is 7. The van der Waals surface area contributed by atoms with Gasteiger partial charge in [-0.25, -0.2) is 4.98 Å². The van der Waals surface area contributed by atoms with Gasteiger partial charge >= 0.3 is 0 Å². The van der Waals surface area contributed by atoms with Crippen molar-refractivity contribution in [2.45, 2.75) is 38.1 Å². The Morgan fingerprint density at radius 1 is 1.26 bits per heavy atom. The Bertz CT molecular complexity index is 1020. The number of carbonyl (C=O) groups is 2. The minimum atomic E-state index is -0.371. The molecule has 0 radical (unpaired) electrons. The molecule has 1 spiro atoms. The fraction of sp³-hybridized carbons (Fsp3) is 0.400. The third-order valence-electron chi connectivity index (χ3n) is 5.49. The molecule has 1 fully saturated rings. The summed E-state index contributed by atoms with van der Waals surface area (Å²) in [5.74, 6) is 1.83. The van der Waals surface area contributed by atoms with E-state index in [0.717, 1.165) is 23.6 Å². The highest BCUT2D eigenvalue weighted by molar-refractivity contribution is 5.79. The lowest BCUT2D eigenvalue weighted by Gasteiger charge is -2.34. The molecule has 2 aliphatic heterocycles. The third kappa shape index (κ3) is 4.61. The van der Waals surface area contributed by atoms with Crippen LogP contribution in [0.1, 0.15) is 23.6 Å². The number of carboxylic acid groups (broad SMARTS) is 1. The zero-order valence-electron chi connectivity index (χ0n) is 16.9. The molecule has 1 saturated heterocycles. The van der Waals surface area contributed by atoms with Gasteiger partial charge in [0.1, 0.15) is 12.2 Å². The van der Waals surface area contributed by atoms with Gasteiger partial charge in [-0.2, -0.15) is 0 Å². The fourth-order valence-electron chi connectivity index (χ4n) is 3.97. The summed E-state index contributed by atoms with van der Waals surface area (Å²) in [5, 5.41) is 15.5. The number of likely N-dealkylation sites (tertiary alicyclic amines) is 1. The molecule has 31 heavy (non-hydrogen) atoms. The van der Waals surface area contributed by atoms with Crippen LogP contribution in [0.25, 0.3) is 0 Å². The molecular weight excluding hydrogens is 402 g/mol. The van der Waals surface area contributed by atoms with Crippen LogP contribution >= 0.6 is 0 Å². The lowest BCUT2D eigenvalue weighted by molar-refractivity contribution is -0.132. The van der Waals surface area contributed by atoms with Crippen LogP contribution in [-0.2, 0) is 40.4 Å². The van der Waals surface area contributed by atoms with E-state index in [2.05, 4.69) is 24.7 Å². The highest BCUT2D eigenvalue weighted by Gasteiger charge is 2.44. The number of imidazole rings is 1. The van der Waals surface area contributed by atoms with E-state index in [1.165, 1.54) is 0 Å². The monoisotopic (exact) mass is 425 g/mol. The molecule has 11 heteroatoms. The van der Waals surface area contributed by atoms with Crippen molar-refractivity contribution in [1.82, 2.24) is 34.2 Å². The van der Waals surface area contributed by atoms with Gasteiger partial charge in [0.05, 0.1) is 32.4 Å². The first-order valence-electron chi connectivity index (χ1n) is 9.88. The maximum atomic E-state index is 12.7. The average Bonchev–Trinajstić information content (AvgIpc) is 3.52. The lowest BCUT2D eigenvalue weighted by atomic mass is 10.0. The number of aromatic nitrogens is 6. The zero-order valence-corrected chi connectivity index (χ0v) is 16.9. The largest absolute Gasteiger partial charge is 0.483 e. The van der Waals surface area contributed by atoms with Crippen LogP contribution in [0.2, 0.25) is 0 Å². The number of fused-ring (bicyclic) bond motifs is 1. The van der Waals surface area contributed by atoms with Crippen molar-refractivity contribution >= 4 is 12.4 Å². The molecule has 1 unspecified atom stereocenters. The highest BCUT2D eigenvalue weighted by atomic mass is 16.5. The van der Waals surface area contributed by atoms with Gasteiger partial charge in [0.2, 0.25) is 5.91 Å². The van der Waals surface area contributed by atoms with E-state index in [0.29, 0.717) is 39.2 Å². The van der Waals surface area contributed by atoms with Gasteiger partial charge in [-0.3, -0.25) is 14.6 Å². The van der Waals surface area contributed by atoms with E-state index in [1.807, 2.05) is 27.8 Å². The van der Waals surface area contributed by atoms with Gasteiger partial charge in [-0.05, 0) is 18.1 Å². The molecule has 3 aromatic heterocycles. The summed E-state index contributed by atoms with van der Waals surface area (Å²) in [5.41, 5.74) is 0.561. The molecule has 0 bridgehead atoms. The van der Waals surface area contributed by atoms with Crippen LogP contribution in [0.3, 0.4) is 0 Å². The van der Waals surface area contributed by atoms with E-state index >= 15 is 0 Å². The van der Waals surface area contributed by atoms with Crippen molar-refractivity contribution in [2.75, 3.05) is 13.1 Å². The smallest absolute Gasteiger partial charge is 0.290 e. The summed E-state index contributed by atoms with van der Waals surface area (Å²) < 4.78 is 10.3. The maximum Gasteiger partial charge on any atom is 0.290 e. The van der Waals surface area contributed by atoms with E-state index in [-0.39, 0.29) is 18.0 Å². The quantitative estimate of drug-likeness (QED) is 0.594. The normalized spacial score (nSPS) is 19.5. The molecule has 3 aromatic rings. The molecule has 0 aliphatic carbocycles. The first-order chi connectivity index (χ1) is 15.1. The van der Waals surface area contributed by atoms with E-state index in [1.54, 1.807) is 24.9 Å². The summed E-state index contributed by atoms with van der Waals surface area (Å²) in [6.45, 7) is 2.74. The fourth-order valence-corrected chi connectivity index (χ4v) is 3.97. The van der Waals surface area contributed by atoms with Crippen molar-refractivity contribution in [3.8, 4) is 0 Å². The second kappa shape index (κ2) is 9.04. The standard InChI is InChI=1S/C19H21N7O2.CH2O2/c27-18(8-15-2-1-4-20-9-15)25-6-3-19(12-25)13-26-16(10-24-7-5-21-14-24)22-23-17(26)11-28-19;2-1-3/h1-2,4-5,7,9,14H,3,6,8,10-13H2;1H,(H,2,3). The van der Waals surface area contributed by atoms with E-state index < -0.39 is 0 Å². The van der Waals surface area contributed by atoms with Crippen molar-refractivity contribution in [3.63, 3.8) is 0 Å². The SMILES string of the molecule is O=C(Cc1cccnc1)N1CCC2(C1)Cn1c(nnc1Cn1ccnc1)CO2.O=CO. The number of pyridine rings is 1. The minimum absolute atomic E-state index is 0.113. The molecule has 1 N–H and O–H groups in total. The summed E-state index contributed by atoms with van der Waals surface area (Å²) in [7, 11) is 0. The van der Waals surface area contributed by atoms with Gasteiger partial charge in [-0.1, -0.05) is 6.07 Å². The molecule has 2 aliphatic rings. The molecule has 0 aromatic carbocycles. The first-order valence-corrected chi connectivity index (χ1v) is 9.88. The van der Waals surface area contributed by atoms with Crippen LogP contribution in [-0.4, -0.2) is 70.4 Å². The summed E-state index contributed by atoms with van der Waals surface area (Å²) in [4.78, 5) is 31.1. The van der Waals surface area contributed by atoms with Crippen molar-refractivity contribution in [2.24, 2.45) is 0 Å². The third-order valence-corrected chi connectivity index (χ3v) is 5.49. The summed E-state index contributed by atoms with van der Waals surface area (Å²) >= 11 is 0.